The third kappa shape index (κ3) is 3.83. The Labute approximate surface area is 204 Å². The molecule has 1 aliphatic carbocycles. The molecule has 9 heteroatoms. The van der Waals surface area contributed by atoms with Crippen LogP contribution in [0.2, 0.25) is 0 Å². The van der Waals surface area contributed by atoms with E-state index in [1.54, 1.807) is 43.9 Å². The van der Waals surface area contributed by atoms with Crippen molar-refractivity contribution in [1.29, 1.82) is 0 Å². The van der Waals surface area contributed by atoms with Crippen LogP contribution in [-0.2, 0) is 12.0 Å². The van der Waals surface area contributed by atoms with Gasteiger partial charge in [0.25, 0.3) is 0 Å². The van der Waals surface area contributed by atoms with E-state index in [0.717, 1.165) is 6.07 Å². The molecular formula is C27H24F5N3O. The first-order chi connectivity index (χ1) is 16.8. The van der Waals surface area contributed by atoms with Gasteiger partial charge in [0.15, 0.2) is 17.5 Å². The van der Waals surface area contributed by atoms with Gasteiger partial charge in [-0.1, -0.05) is 17.9 Å². The number of hydrogen-bond donors (Lipinski definition) is 0. The molecule has 0 atom stereocenters. The van der Waals surface area contributed by atoms with Gasteiger partial charge in [0.1, 0.15) is 5.41 Å². The maximum absolute atomic E-state index is 15.3. The Hall–Kier alpha value is -3.41. The molecule has 0 N–H and O–H groups in total. The van der Waals surface area contributed by atoms with Crippen molar-refractivity contribution in [3.63, 3.8) is 0 Å². The Morgan fingerprint density at radius 1 is 1.06 bits per heavy atom. The molecule has 3 aromatic rings. The number of benzene rings is 2. The average Bonchev–Trinajstić information content (AvgIpc) is 3.60. The maximum Gasteiger partial charge on any atom is 0.405 e. The Morgan fingerprint density at radius 3 is 2.42 bits per heavy atom. The molecule has 4 nitrogen and oxygen atoms in total. The normalized spacial score (nSPS) is 16.9. The molecule has 1 aromatic heterocycles. The first-order valence-electron chi connectivity index (χ1n) is 11.7. The number of rotatable bonds is 1. The summed E-state index contributed by atoms with van der Waals surface area (Å²) in [4.78, 5) is 18.9. The van der Waals surface area contributed by atoms with Gasteiger partial charge in [-0.3, -0.25) is 4.57 Å². The number of alkyl halides is 3. The zero-order valence-electron chi connectivity index (χ0n) is 20.1. The third-order valence-electron chi connectivity index (χ3n) is 6.84. The number of aromatic nitrogens is 2. The van der Waals surface area contributed by atoms with E-state index in [2.05, 4.69) is 16.8 Å². The molecule has 2 aliphatic rings. The Balaban J connectivity index is 1.70. The Morgan fingerprint density at radius 2 is 1.78 bits per heavy atom. The number of nitrogens with zero attached hydrogens (tertiary/aromatic N) is 3. The second-order valence-electron chi connectivity index (χ2n) is 10.4. The highest BCUT2D eigenvalue weighted by Crippen LogP contribution is 2.57. The fraction of sp³-hybridized carbons (Fsp3) is 0.407. The predicted octanol–water partition coefficient (Wildman–Crippen LogP) is 6.21. The van der Waals surface area contributed by atoms with Crippen molar-refractivity contribution in [2.24, 2.45) is 5.41 Å². The molecule has 0 amide bonds. The Kier molecular flexibility index (Phi) is 5.43. The van der Waals surface area contributed by atoms with E-state index in [1.165, 1.54) is 10.6 Å². The van der Waals surface area contributed by atoms with E-state index < -0.39 is 34.5 Å². The Bertz CT molecular complexity index is 1500. The van der Waals surface area contributed by atoms with E-state index in [-0.39, 0.29) is 29.6 Å². The zero-order chi connectivity index (χ0) is 26.0. The summed E-state index contributed by atoms with van der Waals surface area (Å²) in [6, 6.07) is 7.39. The fourth-order valence-corrected chi connectivity index (χ4v) is 4.84. The van der Waals surface area contributed by atoms with Crippen molar-refractivity contribution < 1.29 is 22.0 Å². The highest BCUT2D eigenvalue weighted by Gasteiger charge is 2.62. The van der Waals surface area contributed by atoms with E-state index in [0.29, 0.717) is 36.2 Å². The van der Waals surface area contributed by atoms with Gasteiger partial charge in [0.2, 0.25) is 0 Å². The molecule has 0 bridgehead atoms. The number of anilines is 2. The quantitative estimate of drug-likeness (QED) is 0.294. The van der Waals surface area contributed by atoms with Crippen molar-refractivity contribution in [1.82, 2.24) is 9.55 Å². The molecule has 2 heterocycles. The number of fused-ring (bicyclic) bond motifs is 2. The standard InChI is InChI=1S/C27H24F5N3O/c1-25(2,3)35-20-10-9-18(28)22(29)21(20)23(33-24(35)36)34-15-5-7-17-16(6-4-8-19(17)34)11-12-26(13-14-26)27(30,31)32/h4,6,8-10H,5,7,13-15H2,1-3H3. The van der Waals surface area contributed by atoms with Crippen LogP contribution in [0.1, 0.15) is 51.2 Å². The first-order valence-corrected chi connectivity index (χ1v) is 11.7. The zero-order valence-corrected chi connectivity index (χ0v) is 20.1. The monoisotopic (exact) mass is 501 g/mol. The number of hydrogen-bond acceptors (Lipinski definition) is 3. The molecule has 0 radical (unpaired) electrons. The summed E-state index contributed by atoms with van der Waals surface area (Å²) in [5.74, 6) is 2.97. The largest absolute Gasteiger partial charge is 0.405 e. The van der Waals surface area contributed by atoms with E-state index >= 15 is 4.39 Å². The van der Waals surface area contributed by atoms with E-state index in [9.17, 15) is 22.4 Å². The van der Waals surface area contributed by atoms with Gasteiger partial charge in [0.05, 0.1) is 10.9 Å². The highest BCUT2D eigenvalue weighted by atomic mass is 19.4. The lowest BCUT2D eigenvalue weighted by Gasteiger charge is -2.33. The van der Waals surface area contributed by atoms with Gasteiger partial charge in [0, 0.05) is 23.3 Å². The van der Waals surface area contributed by atoms with Crippen LogP contribution in [0, 0.1) is 28.9 Å². The van der Waals surface area contributed by atoms with Crippen molar-refractivity contribution >= 4 is 22.4 Å². The SMILES string of the molecule is CC(C)(C)n1c(=O)nc(N2CCCc3c(C#CC4(C(F)(F)F)CC4)cccc32)c2c(F)c(F)ccc21. The second kappa shape index (κ2) is 8.05. The average molecular weight is 501 g/mol. The lowest BCUT2D eigenvalue weighted by Crippen LogP contribution is -2.38. The molecule has 188 valence electrons. The van der Waals surface area contributed by atoms with Gasteiger partial charge in [-0.15, -0.1) is 0 Å². The summed E-state index contributed by atoms with van der Waals surface area (Å²) in [6.45, 7) is 5.68. The molecular weight excluding hydrogens is 477 g/mol. The van der Waals surface area contributed by atoms with Crippen LogP contribution in [0.15, 0.2) is 35.1 Å². The lowest BCUT2D eigenvalue weighted by molar-refractivity contribution is -0.168. The van der Waals surface area contributed by atoms with Gasteiger partial charge in [-0.2, -0.15) is 18.2 Å². The summed E-state index contributed by atoms with van der Waals surface area (Å²) in [6.07, 6.45) is -3.31. The molecule has 5 rings (SSSR count). The summed E-state index contributed by atoms with van der Waals surface area (Å²) in [7, 11) is 0. The minimum Gasteiger partial charge on any atom is -0.325 e. The van der Waals surface area contributed by atoms with Crippen LogP contribution in [0.3, 0.4) is 0 Å². The van der Waals surface area contributed by atoms with Crippen LogP contribution < -0.4 is 10.6 Å². The molecule has 2 aromatic carbocycles. The maximum atomic E-state index is 15.3. The van der Waals surface area contributed by atoms with Crippen LogP contribution in [0.4, 0.5) is 33.5 Å². The summed E-state index contributed by atoms with van der Waals surface area (Å²) >= 11 is 0. The van der Waals surface area contributed by atoms with Crippen LogP contribution in [0.25, 0.3) is 10.9 Å². The van der Waals surface area contributed by atoms with Crippen LogP contribution >= 0.6 is 0 Å². The predicted molar refractivity (Wildman–Crippen MR) is 127 cm³/mol. The molecule has 0 saturated heterocycles. The van der Waals surface area contributed by atoms with Crippen LogP contribution in [0.5, 0.6) is 0 Å². The van der Waals surface area contributed by atoms with Gasteiger partial charge < -0.3 is 4.90 Å². The smallest absolute Gasteiger partial charge is 0.325 e. The van der Waals surface area contributed by atoms with Crippen molar-refractivity contribution in [3.05, 3.63) is 63.6 Å². The summed E-state index contributed by atoms with van der Waals surface area (Å²) in [5.41, 5.74) is -1.39. The first kappa shape index (κ1) is 24.3. The van der Waals surface area contributed by atoms with Gasteiger partial charge >= 0.3 is 11.9 Å². The minimum atomic E-state index is -4.39. The van der Waals surface area contributed by atoms with E-state index in [1.807, 2.05) is 0 Å². The molecule has 0 unspecified atom stereocenters. The van der Waals surface area contributed by atoms with Gasteiger partial charge in [-0.25, -0.2) is 13.6 Å². The van der Waals surface area contributed by atoms with Crippen molar-refractivity contribution in [2.45, 2.75) is 58.2 Å². The molecule has 1 aliphatic heterocycles. The molecule has 0 spiro atoms. The molecule has 1 fully saturated rings. The van der Waals surface area contributed by atoms with E-state index in [4.69, 9.17) is 0 Å². The molecule has 1 saturated carbocycles. The second-order valence-corrected chi connectivity index (χ2v) is 10.4. The van der Waals surface area contributed by atoms with Crippen molar-refractivity contribution in [2.75, 3.05) is 11.4 Å². The van der Waals surface area contributed by atoms with Crippen molar-refractivity contribution in [3.8, 4) is 11.8 Å². The third-order valence-corrected chi connectivity index (χ3v) is 6.84. The van der Waals surface area contributed by atoms with Crippen LogP contribution in [-0.4, -0.2) is 22.3 Å². The van der Waals surface area contributed by atoms with Gasteiger partial charge in [-0.05, 0) is 76.3 Å². The minimum absolute atomic E-state index is 0.0184. The highest BCUT2D eigenvalue weighted by molar-refractivity contribution is 5.93. The number of halogens is 5. The fourth-order valence-electron chi connectivity index (χ4n) is 4.84. The molecule has 36 heavy (non-hydrogen) atoms. The topological polar surface area (TPSA) is 38.1 Å². The summed E-state index contributed by atoms with van der Waals surface area (Å²) in [5, 5.41) is -0.122. The summed E-state index contributed by atoms with van der Waals surface area (Å²) < 4.78 is 71.1. The lowest BCUT2D eigenvalue weighted by atomic mass is 9.95.